The lowest BCUT2D eigenvalue weighted by molar-refractivity contribution is -0.656. The molecule has 0 bridgehead atoms. The SMILES string of the molecule is Cc1cccc(N2C[C@@](O)(c3ccc(F)cc3)[N+]3=C2SCCC3)c1. The van der Waals surface area contributed by atoms with Crippen LogP contribution in [0.2, 0.25) is 0 Å². The van der Waals surface area contributed by atoms with E-state index in [2.05, 4.69) is 34.6 Å². The second-order valence-corrected chi connectivity index (χ2v) is 7.45. The van der Waals surface area contributed by atoms with Crippen LogP contribution in [0.1, 0.15) is 17.5 Å². The summed E-state index contributed by atoms with van der Waals surface area (Å²) in [6.07, 6.45) is 1.03. The zero-order chi connectivity index (χ0) is 16.7. The molecular formula is C19H20FN2OS+. The third-order valence-electron chi connectivity index (χ3n) is 4.66. The highest BCUT2D eigenvalue weighted by Gasteiger charge is 2.53. The fourth-order valence-corrected chi connectivity index (χ4v) is 4.64. The van der Waals surface area contributed by atoms with Crippen LogP contribution in [0.5, 0.6) is 0 Å². The molecule has 0 saturated heterocycles. The van der Waals surface area contributed by atoms with Crippen LogP contribution in [0.15, 0.2) is 48.5 Å². The topological polar surface area (TPSA) is 26.5 Å². The van der Waals surface area contributed by atoms with Gasteiger partial charge in [0.25, 0.3) is 5.72 Å². The van der Waals surface area contributed by atoms with Gasteiger partial charge in [-0.15, -0.1) is 0 Å². The minimum absolute atomic E-state index is 0.284. The monoisotopic (exact) mass is 343 g/mol. The van der Waals surface area contributed by atoms with Crippen LogP contribution in [0, 0.1) is 12.7 Å². The average molecular weight is 343 g/mol. The molecule has 0 radical (unpaired) electrons. The normalized spacial score (nSPS) is 23.5. The summed E-state index contributed by atoms with van der Waals surface area (Å²) in [5.74, 6) is 0.765. The maximum absolute atomic E-state index is 13.3. The molecule has 3 nitrogen and oxygen atoms in total. The molecule has 24 heavy (non-hydrogen) atoms. The first-order valence-electron chi connectivity index (χ1n) is 8.18. The number of β-amino-alcohol motifs (C(OH)–C–C–N with tert-alkyl or cyclic N) is 1. The summed E-state index contributed by atoms with van der Waals surface area (Å²) in [6, 6.07) is 14.5. The van der Waals surface area contributed by atoms with Gasteiger partial charge in [-0.2, -0.15) is 0 Å². The number of aliphatic hydroxyl groups is 1. The molecule has 2 aliphatic rings. The molecule has 2 aliphatic heterocycles. The average Bonchev–Trinajstić information content (AvgIpc) is 2.90. The van der Waals surface area contributed by atoms with Crippen molar-refractivity contribution in [2.75, 3.05) is 23.7 Å². The Bertz CT molecular complexity index is 805. The third-order valence-corrected chi connectivity index (χ3v) is 5.86. The van der Waals surface area contributed by atoms with Crippen molar-refractivity contribution in [3.63, 3.8) is 0 Å². The maximum Gasteiger partial charge on any atom is 0.316 e. The van der Waals surface area contributed by atoms with Gasteiger partial charge < -0.3 is 5.11 Å². The molecule has 0 aliphatic carbocycles. The van der Waals surface area contributed by atoms with Crippen LogP contribution in [-0.4, -0.2) is 33.7 Å². The lowest BCUT2D eigenvalue weighted by atomic mass is 10.0. The molecule has 2 aromatic carbocycles. The molecule has 4 rings (SSSR count). The van der Waals surface area contributed by atoms with Crippen LogP contribution >= 0.6 is 11.8 Å². The first-order valence-corrected chi connectivity index (χ1v) is 9.16. The maximum atomic E-state index is 13.3. The van der Waals surface area contributed by atoms with Gasteiger partial charge in [0, 0.05) is 11.3 Å². The van der Waals surface area contributed by atoms with E-state index in [9.17, 15) is 9.50 Å². The molecule has 124 valence electrons. The first kappa shape index (κ1) is 15.7. The first-order chi connectivity index (χ1) is 11.6. The van der Waals surface area contributed by atoms with E-state index in [1.165, 1.54) is 17.7 Å². The van der Waals surface area contributed by atoms with Crippen LogP contribution in [0.4, 0.5) is 10.1 Å². The van der Waals surface area contributed by atoms with Crippen molar-refractivity contribution in [2.45, 2.75) is 19.1 Å². The Morgan fingerprint density at radius 3 is 2.75 bits per heavy atom. The highest BCUT2D eigenvalue weighted by atomic mass is 32.2. The number of aryl methyl sites for hydroxylation is 1. The third kappa shape index (κ3) is 2.52. The number of rotatable bonds is 2. The molecule has 1 N–H and O–H groups in total. The Morgan fingerprint density at radius 1 is 1.21 bits per heavy atom. The van der Waals surface area contributed by atoms with Crippen molar-refractivity contribution in [3.8, 4) is 0 Å². The lowest BCUT2D eigenvalue weighted by Crippen LogP contribution is -2.41. The van der Waals surface area contributed by atoms with Gasteiger partial charge in [0.1, 0.15) is 11.5 Å². The van der Waals surface area contributed by atoms with Crippen LogP contribution in [0.25, 0.3) is 0 Å². The second-order valence-electron chi connectivity index (χ2n) is 6.38. The Morgan fingerprint density at radius 2 is 2.00 bits per heavy atom. The largest absolute Gasteiger partial charge is 0.346 e. The van der Waals surface area contributed by atoms with Crippen LogP contribution in [-0.2, 0) is 5.72 Å². The Hall–Kier alpha value is -1.85. The van der Waals surface area contributed by atoms with Gasteiger partial charge in [-0.1, -0.05) is 12.1 Å². The van der Waals surface area contributed by atoms with Crippen LogP contribution < -0.4 is 4.90 Å². The van der Waals surface area contributed by atoms with Crippen LogP contribution in [0.3, 0.4) is 0 Å². The number of nitrogens with zero attached hydrogens (tertiary/aromatic N) is 2. The molecule has 0 amide bonds. The molecule has 0 unspecified atom stereocenters. The molecule has 0 aromatic heterocycles. The molecule has 1 atom stereocenters. The van der Waals surface area contributed by atoms with Gasteiger partial charge >= 0.3 is 5.17 Å². The fourth-order valence-electron chi connectivity index (χ4n) is 3.46. The van der Waals surface area contributed by atoms with E-state index >= 15 is 0 Å². The molecule has 0 spiro atoms. The number of amidine groups is 1. The van der Waals surface area contributed by atoms with Crippen molar-refractivity contribution in [1.82, 2.24) is 0 Å². The Balaban J connectivity index is 1.80. The molecular weight excluding hydrogens is 323 g/mol. The fraction of sp³-hybridized carbons (Fsp3) is 0.316. The zero-order valence-corrected chi connectivity index (χ0v) is 14.4. The highest BCUT2D eigenvalue weighted by Crippen LogP contribution is 2.37. The summed E-state index contributed by atoms with van der Waals surface area (Å²) in [6.45, 7) is 3.32. The number of hydrogen-bond donors (Lipinski definition) is 1. The number of hydrogen-bond acceptors (Lipinski definition) is 3. The minimum atomic E-state index is -1.12. The summed E-state index contributed by atoms with van der Waals surface area (Å²) in [4.78, 5) is 2.18. The Kier molecular flexibility index (Phi) is 3.85. The standard InChI is InChI=1S/C19H20FN2OS/c1-14-4-2-5-17(12-14)21-13-19(23,15-6-8-16(20)9-7-15)22-10-3-11-24-18(21)22/h2,4-9,12,23H,3,10-11,13H2,1H3/q+1/t19-/m1/s1. The zero-order valence-electron chi connectivity index (χ0n) is 13.6. The van der Waals surface area contributed by atoms with E-state index < -0.39 is 5.72 Å². The summed E-state index contributed by atoms with van der Waals surface area (Å²) in [7, 11) is 0. The molecule has 5 heteroatoms. The van der Waals surface area contributed by atoms with Crippen molar-refractivity contribution < 1.29 is 14.1 Å². The van der Waals surface area contributed by atoms with E-state index in [1.54, 1.807) is 23.9 Å². The summed E-state index contributed by atoms with van der Waals surface area (Å²) < 4.78 is 15.4. The second kappa shape index (κ2) is 5.90. The van der Waals surface area contributed by atoms with Gasteiger partial charge in [-0.3, -0.25) is 0 Å². The predicted octanol–water partition coefficient (Wildman–Crippen LogP) is 3.30. The van der Waals surface area contributed by atoms with Crippen molar-refractivity contribution >= 4 is 22.6 Å². The van der Waals surface area contributed by atoms with Crippen molar-refractivity contribution in [1.29, 1.82) is 0 Å². The highest BCUT2D eigenvalue weighted by molar-refractivity contribution is 8.13. The number of halogens is 1. The Labute approximate surface area is 145 Å². The quantitative estimate of drug-likeness (QED) is 0.848. The van der Waals surface area contributed by atoms with E-state index in [0.717, 1.165) is 35.1 Å². The number of thioether (sulfide) groups is 1. The summed E-state index contributed by atoms with van der Waals surface area (Å²) in [5, 5.41) is 12.6. The summed E-state index contributed by atoms with van der Waals surface area (Å²) >= 11 is 1.78. The van der Waals surface area contributed by atoms with E-state index in [0.29, 0.717) is 6.54 Å². The van der Waals surface area contributed by atoms with Crippen molar-refractivity contribution in [3.05, 3.63) is 65.5 Å². The molecule has 0 fully saturated rings. The molecule has 0 saturated carbocycles. The van der Waals surface area contributed by atoms with Gasteiger partial charge in [-0.25, -0.2) is 13.9 Å². The van der Waals surface area contributed by atoms with Gasteiger partial charge in [-0.05, 0) is 67.1 Å². The smallest absolute Gasteiger partial charge is 0.316 e. The van der Waals surface area contributed by atoms with E-state index in [4.69, 9.17) is 0 Å². The molecule has 2 aromatic rings. The van der Waals surface area contributed by atoms with E-state index in [1.807, 2.05) is 6.07 Å². The summed E-state index contributed by atoms with van der Waals surface area (Å²) in [5.41, 5.74) is 1.89. The van der Waals surface area contributed by atoms with Gasteiger partial charge in [0.05, 0.1) is 6.54 Å². The van der Waals surface area contributed by atoms with E-state index in [-0.39, 0.29) is 5.82 Å². The lowest BCUT2D eigenvalue weighted by Gasteiger charge is -2.24. The number of benzene rings is 2. The molecule has 2 heterocycles. The predicted molar refractivity (Wildman–Crippen MR) is 96.0 cm³/mol. The van der Waals surface area contributed by atoms with Crippen molar-refractivity contribution in [2.24, 2.45) is 0 Å². The minimum Gasteiger partial charge on any atom is -0.346 e. The number of anilines is 1. The van der Waals surface area contributed by atoms with Gasteiger partial charge in [0.2, 0.25) is 0 Å². The van der Waals surface area contributed by atoms with Gasteiger partial charge in [0.15, 0.2) is 6.54 Å².